The molecule has 0 heterocycles. The molecule has 0 spiro atoms. The Morgan fingerprint density at radius 2 is 1.72 bits per heavy atom. The van der Waals surface area contributed by atoms with E-state index >= 15 is 0 Å². The Morgan fingerprint density at radius 1 is 1.06 bits per heavy atom. The number of benzene rings is 2. The van der Waals surface area contributed by atoms with Crippen LogP contribution in [0.3, 0.4) is 0 Å². The van der Waals surface area contributed by atoms with E-state index in [0.717, 1.165) is 11.3 Å². The molecule has 2 nitrogen and oxygen atoms in total. The van der Waals surface area contributed by atoms with E-state index in [1.54, 1.807) is 12.1 Å². The molecule has 2 rings (SSSR count). The normalized spacial score (nSPS) is 11.6. The van der Waals surface area contributed by atoms with Gasteiger partial charge in [0.05, 0.1) is 6.07 Å². The summed E-state index contributed by atoms with van der Waals surface area (Å²) >= 11 is 5.82. The van der Waals surface area contributed by atoms with Crippen LogP contribution in [0.15, 0.2) is 54.6 Å². The fourth-order valence-electron chi connectivity index (χ4n) is 1.73. The van der Waals surface area contributed by atoms with E-state index in [4.69, 9.17) is 16.9 Å². The molecule has 2 aromatic rings. The van der Waals surface area contributed by atoms with Crippen LogP contribution in [-0.4, -0.2) is 6.04 Å². The Balaban J connectivity index is 2.02. The molecule has 2 aromatic carbocycles. The summed E-state index contributed by atoms with van der Waals surface area (Å²) in [6.45, 7) is 0. The van der Waals surface area contributed by atoms with Crippen LogP contribution in [0, 0.1) is 11.3 Å². The molecule has 90 valence electrons. The monoisotopic (exact) mass is 256 g/mol. The minimum absolute atomic E-state index is 0.242. The van der Waals surface area contributed by atoms with Gasteiger partial charge in [0.2, 0.25) is 0 Å². The summed E-state index contributed by atoms with van der Waals surface area (Å²) in [6, 6.07) is 19.4. The van der Waals surface area contributed by atoms with Gasteiger partial charge in [-0.25, -0.2) is 0 Å². The van der Waals surface area contributed by atoms with Crippen LogP contribution < -0.4 is 5.32 Å². The summed E-state index contributed by atoms with van der Waals surface area (Å²) in [7, 11) is 0. The molecule has 3 heteroatoms. The first kappa shape index (κ1) is 12.5. The zero-order valence-corrected chi connectivity index (χ0v) is 10.6. The Labute approximate surface area is 112 Å². The first-order valence-electron chi connectivity index (χ1n) is 5.73. The zero-order valence-electron chi connectivity index (χ0n) is 9.81. The molecule has 1 atom stereocenters. The van der Waals surface area contributed by atoms with Gasteiger partial charge in [-0.15, -0.1) is 0 Å². The van der Waals surface area contributed by atoms with Crippen molar-refractivity contribution in [2.75, 3.05) is 5.32 Å². The second kappa shape index (κ2) is 6.09. The van der Waals surface area contributed by atoms with Crippen LogP contribution in [0.25, 0.3) is 0 Å². The van der Waals surface area contributed by atoms with E-state index in [9.17, 15) is 0 Å². The fourth-order valence-corrected chi connectivity index (χ4v) is 1.85. The van der Waals surface area contributed by atoms with Gasteiger partial charge in [-0.2, -0.15) is 5.26 Å². The zero-order chi connectivity index (χ0) is 12.8. The van der Waals surface area contributed by atoms with Crippen LogP contribution in [0.4, 0.5) is 5.69 Å². The van der Waals surface area contributed by atoms with Crippen LogP contribution in [-0.2, 0) is 6.42 Å². The van der Waals surface area contributed by atoms with Gasteiger partial charge >= 0.3 is 0 Å². The number of rotatable bonds is 4. The third-order valence-corrected chi connectivity index (χ3v) is 2.88. The highest BCUT2D eigenvalue weighted by Gasteiger charge is 2.07. The van der Waals surface area contributed by atoms with Crippen LogP contribution in [0.5, 0.6) is 0 Å². The maximum absolute atomic E-state index is 9.16. The molecule has 0 aromatic heterocycles. The molecule has 0 radical (unpaired) electrons. The molecular weight excluding hydrogens is 244 g/mol. The topological polar surface area (TPSA) is 35.8 Å². The Hall–Kier alpha value is -1.98. The average molecular weight is 257 g/mol. The molecule has 0 aliphatic heterocycles. The van der Waals surface area contributed by atoms with Crippen LogP contribution in [0.1, 0.15) is 5.56 Å². The minimum atomic E-state index is -0.242. The van der Waals surface area contributed by atoms with Crippen molar-refractivity contribution in [3.05, 3.63) is 65.2 Å². The Kier molecular flexibility index (Phi) is 4.22. The molecule has 0 aliphatic rings. The first-order chi connectivity index (χ1) is 8.78. The van der Waals surface area contributed by atoms with Gasteiger partial charge in [0.1, 0.15) is 6.04 Å². The van der Waals surface area contributed by atoms with Crippen LogP contribution in [0.2, 0.25) is 5.02 Å². The number of nitrogens with one attached hydrogen (secondary N) is 1. The van der Waals surface area contributed by atoms with Gasteiger partial charge in [0.25, 0.3) is 0 Å². The van der Waals surface area contributed by atoms with E-state index in [2.05, 4.69) is 11.4 Å². The van der Waals surface area contributed by atoms with Crippen molar-refractivity contribution in [1.29, 1.82) is 5.26 Å². The number of anilines is 1. The van der Waals surface area contributed by atoms with Gasteiger partial charge in [-0.3, -0.25) is 0 Å². The van der Waals surface area contributed by atoms with Crippen molar-refractivity contribution in [1.82, 2.24) is 0 Å². The van der Waals surface area contributed by atoms with Gasteiger partial charge in [0.15, 0.2) is 0 Å². The van der Waals surface area contributed by atoms with Crippen molar-refractivity contribution in [3.63, 3.8) is 0 Å². The number of hydrogen-bond donors (Lipinski definition) is 1. The molecule has 1 N–H and O–H groups in total. The molecule has 18 heavy (non-hydrogen) atoms. The lowest BCUT2D eigenvalue weighted by atomic mass is 10.1. The molecule has 0 saturated carbocycles. The van der Waals surface area contributed by atoms with Crippen molar-refractivity contribution in [3.8, 4) is 6.07 Å². The van der Waals surface area contributed by atoms with E-state index in [-0.39, 0.29) is 6.04 Å². The average Bonchev–Trinajstić information content (AvgIpc) is 2.41. The maximum Gasteiger partial charge on any atom is 0.118 e. The third-order valence-electron chi connectivity index (χ3n) is 2.62. The molecule has 1 unspecified atom stereocenters. The highest BCUT2D eigenvalue weighted by atomic mass is 35.5. The van der Waals surface area contributed by atoms with Gasteiger partial charge in [0, 0.05) is 17.1 Å². The summed E-state index contributed by atoms with van der Waals surface area (Å²) in [4.78, 5) is 0. The quantitative estimate of drug-likeness (QED) is 0.901. The molecule has 0 fully saturated rings. The summed E-state index contributed by atoms with van der Waals surface area (Å²) in [5.41, 5.74) is 2.05. The second-order valence-corrected chi connectivity index (χ2v) is 4.46. The summed E-state index contributed by atoms with van der Waals surface area (Å²) in [6.07, 6.45) is 0.681. The Bertz CT molecular complexity index is 529. The SMILES string of the molecule is N#CC(Cc1ccccc1)Nc1ccc(Cl)cc1. The van der Waals surface area contributed by atoms with E-state index < -0.39 is 0 Å². The molecular formula is C15H13ClN2. The number of hydrogen-bond acceptors (Lipinski definition) is 2. The summed E-state index contributed by atoms with van der Waals surface area (Å²) < 4.78 is 0. The maximum atomic E-state index is 9.16. The molecule has 0 bridgehead atoms. The second-order valence-electron chi connectivity index (χ2n) is 4.02. The highest BCUT2D eigenvalue weighted by molar-refractivity contribution is 6.30. The van der Waals surface area contributed by atoms with Crippen LogP contribution >= 0.6 is 11.6 Å². The fraction of sp³-hybridized carbons (Fsp3) is 0.133. The Morgan fingerprint density at radius 3 is 2.33 bits per heavy atom. The summed E-state index contributed by atoms with van der Waals surface area (Å²) in [5, 5.41) is 13.0. The van der Waals surface area contributed by atoms with Gasteiger partial charge < -0.3 is 5.32 Å². The van der Waals surface area contributed by atoms with Crippen molar-refractivity contribution in [2.24, 2.45) is 0 Å². The lowest BCUT2D eigenvalue weighted by molar-refractivity contribution is 0.877. The molecule has 0 aliphatic carbocycles. The van der Waals surface area contributed by atoms with Gasteiger partial charge in [-0.05, 0) is 29.8 Å². The molecule has 0 saturated heterocycles. The number of nitrogens with zero attached hydrogens (tertiary/aromatic N) is 1. The lowest BCUT2D eigenvalue weighted by Crippen LogP contribution is -2.19. The van der Waals surface area contributed by atoms with Crippen molar-refractivity contribution in [2.45, 2.75) is 12.5 Å². The largest absolute Gasteiger partial charge is 0.370 e. The van der Waals surface area contributed by atoms with E-state index in [1.807, 2.05) is 42.5 Å². The highest BCUT2D eigenvalue weighted by Crippen LogP contribution is 2.15. The van der Waals surface area contributed by atoms with Crippen molar-refractivity contribution >= 4 is 17.3 Å². The first-order valence-corrected chi connectivity index (χ1v) is 6.11. The lowest BCUT2D eigenvalue weighted by Gasteiger charge is -2.13. The predicted molar refractivity (Wildman–Crippen MR) is 74.6 cm³/mol. The van der Waals surface area contributed by atoms with Gasteiger partial charge in [-0.1, -0.05) is 41.9 Å². The number of nitriles is 1. The van der Waals surface area contributed by atoms with E-state index in [0.29, 0.717) is 11.4 Å². The molecule has 0 amide bonds. The third kappa shape index (κ3) is 3.51. The summed E-state index contributed by atoms with van der Waals surface area (Å²) in [5.74, 6) is 0. The van der Waals surface area contributed by atoms with Crippen molar-refractivity contribution < 1.29 is 0 Å². The smallest absolute Gasteiger partial charge is 0.118 e. The predicted octanol–water partition coefficient (Wildman–Crippen LogP) is 3.89. The standard InChI is InChI=1S/C15H13ClN2/c16-13-6-8-14(9-7-13)18-15(11-17)10-12-4-2-1-3-5-12/h1-9,15,18H,10H2. The van der Waals surface area contributed by atoms with E-state index in [1.165, 1.54) is 0 Å². The number of halogens is 1. The minimum Gasteiger partial charge on any atom is -0.370 e.